The number of carbonyl (C=O) groups is 1. The largest absolute Gasteiger partial charge is 0.381 e. The maximum Gasteiger partial charge on any atom is 0.224 e. The second-order valence-corrected chi connectivity index (χ2v) is 9.14. The third-order valence-corrected chi connectivity index (χ3v) is 6.51. The van der Waals surface area contributed by atoms with Crippen LogP contribution in [0.25, 0.3) is 11.1 Å². The maximum atomic E-state index is 12.4. The molecule has 4 nitrogen and oxygen atoms in total. The molecule has 1 heterocycles. The molecule has 0 atom stereocenters. The summed E-state index contributed by atoms with van der Waals surface area (Å²) in [4.78, 5) is 14.8. The number of rotatable bonds is 8. The number of anilines is 1. The Morgan fingerprint density at radius 2 is 1.48 bits per heavy atom. The number of hydrogen-bond acceptors (Lipinski definition) is 3. The van der Waals surface area contributed by atoms with Gasteiger partial charge < -0.3 is 10.1 Å². The number of amides is 1. The molecule has 33 heavy (non-hydrogen) atoms. The second-order valence-electron chi connectivity index (χ2n) is 8.71. The molecule has 0 saturated carbocycles. The molecule has 0 aliphatic carbocycles. The van der Waals surface area contributed by atoms with E-state index in [0.29, 0.717) is 12.5 Å². The molecule has 1 aliphatic rings. The van der Waals surface area contributed by atoms with Crippen molar-refractivity contribution in [1.82, 2.24) is 4.90 Å². The number of nitrogens with one attached hydrogen (secondary N) is 1. The monoisotopic (exact) mass is 462 g/mol. The Bertz CT molecular complexity index is 1030. The van der Waals surface area contributed by atoms with Crippen LogP contribution in [0.4, 0.5) is 5.69 Å². The zero-order chi connectivity index (χ0) is 23.0. The minimum Gasteiger partial charge on any atom is -0.381 e. The lowest BCUT2D eigenvalue weighted by molar-refractivity contribution is -0.116. The number of hydrogen-bond donors (Lipinski definition) is 1. The van der Waals surface area contributed by atoms with E-state index >= 15 is 0 Å². The molecule has 0 bridgehead atoms. The lowest BCUT2D eigenvalue weighted by Crippen LogP contribution is -2.36. The van der Waals surface area contributed by atoms with Crippen LogP contribution in [-0.4, -0.2) is 37.1 Å². The van der Waals surface area contributed by atoms with Crippen LogP contribution >= 0.6 is 11.6 Å². The third kappa shape index (κ3) is 6.91. The van der Waals surface area contributed by atoms with Crippen molar-refractivity contribution in [1.29, 1.82) is 0 Å². The highest BCUT2D eigenvalue weighted by Crippen LogP contribution is 2.23. The Hall–Kier alpha value is -2.66. The SMILES string of the molecule is CN(Cc1ccc(CCC(=O)Nc2ccc(-c3ccc(Cl)cc3)cc2)cc1)C1CCOCC1. The van der Waals surface area contributed by atoms with E-state index in [1.807, 2.05) is 48.5 Å². The summed E-state index contributed by atoms with van der Waals surface area (Å²) < 4.78 is 5.46. The first-order valence-corrected chi connectivity index (χ1v) is 12.0. The van der Waals surface area contributed by atoms with Gasteiger partial charge in [-0.1, -0.05) is 60.1 Å². The van der Waals surface area contributed by atoms with Gasteiger partial charge in [0.15, 0.2) is 0 Å². The minimum atomic E-state index is 0.0255. The van der Waals surface area contributed by atoms with Gasteiger partial charge in [0.25, 0.3) is 0 Å². The van der Waals surface area contributed by atoms with Gasteiger partial charge in [0.2, 0.25) is 5.91 Å². The molecule has 1 N–H and O–H groups in total. The Kier molecular flexibility index (Phi) is 8.16. The molecule has 0 unspecified atom stereocenters. The van der Waals surface area contributed by atoms with Crippen molar-refractivity contribution in [2.75, 3.05) is 25.6 Å². The molecule has 3 aromatic carbocycles. The predicted octanol–water partition coefficient (Wildman–Crippen LogP) is 6.19. The quantitative estimate of drug-likeness (QED) is 0.434. The normalized spacial score (nSPS) is 14.4. The molecule has 1 saturated heterocycles. The molecule has 5 heteroatoms. The van der Waals surface area contributed by atoms with Crippen molar-refractivity contribution >= 4 is 23.2 Å². The van der Waals surface area contributed by atoms with Gasteiger partial charge in [-0.25, -0.2) is 0 Å². The highest BCUT2D eigenvalue weighted by atomic mass is 35.5. The molecular weight excluding hydrogens is 432 g/mol. The number of carbonyl (C=O) groups excluding carboxylic acids is 1. The van der Waals surface area contributed by atoms with Gasteiger partial charge in [-0.3, -0.25) is 9.69 Å². The van der Waals surface area contributed by atoms with Crippen molar-refractivity contribution in [3.63, 3.8) is 0 Å². The number of halogens is 1. The van der Waals surface area contributed by atoms with Crippen molar-refractivity contribution < 1.29 is 9.53 Å². The highest BCUT2D eigenvalue weighted by Gasteiger charge is 2.18. The zero-order valence-electron chi connectivity index (χ0n) is 19.1. The summed E-state index contributed by atoms with van der Waals surface area (Å²) in [5.74, 6) is 0.0255. The van der Waals surface area contributed by atoms with Crippen LogP contribution in [-0.2, 0) is 22.5 Å². The average molecular weight is 463 g/mol. The lowest BCUT2D eigenvalue weighted by atomic mass is 10.0. The summed E-state index contributed by atoms with van der Waals surface area (Å²) in [6.45, 7) is 2.67. The van der Waals surface area contributed by atoms with E-state index < -0.39 is 0 Å². The molecule has 4 rings (SSSR count). The van der Waals surface area contributed by atoms with Crippen molar-refractivity contribution in [3.05, 3.63) is 88.9 Å². The Morgan fingerprint density at radius 1 is 0.909 bits per heavy atom. The van der Waals surface area contributed by atoms with E-state index in [0.717, 1.165) is 60.9 Å². The Balaban J connectivity index is 1.23. The fraction of sp³-hybridized carbons (Fsp3) is 0.321. The molecule has 1 aliphatic heterocycles. The Labute approximate surface area is 201 Å². The Morgan fingerprint density at radius 3 is 2.12 bits per heavy atom. The fourth-order valence-corrected chi connectivity index (χ4v) is 4.35. The number of aryl methyl sites for hydroxylation is 1. The van der Waals surface area contributed by atoms with Crippen LogP contribution in [0, 0.1) is 0 Å². The van der Waals surface area contributed by atoms with E-state index in [-0.39, 0.29) is 5.91 Å². The van der Waals surface area contributed by atoms with Gasteiger partial charge in [-0.05, 0) is 72.8 Å². The first kappa shape index (κ1) is 23.5. The van der Waals surface area contributed by atoms with Crippen molar-refractivity contribution in [3.8, 4) is 11.1 Å². The summed E-state index contributed by atoms with van der Waals surface area (Å²) >= 11 is 5.96. The van der Waals surface area contributed by atoms with Gasteiger partial charge in [0.05, 0.1) is 0 Å². The first-order valence-electron chi connectivity index (χ1n) is 11.6. The van der Waals surface area contributed by atoms with Gasteiger partial charge >= 0.3 is 0 Å². The maximum absolute atomic E-state index is 12.4. The topological polar surface area (TPSA) is 41.6 Å². The highest BCUT2D eigenvalue weighted by molar-refractivity contribution is 6.30. The number of benzene rings is 3. The van der Waals surface area contributed by atoms with Gasteiger partial charge in [0.1, 0.15) is 0 Å². The van der Waals surface area contributed by atoms with E-state index in [9.17, 15) is 4.79 Å². The summed E-state index contributed by atoms with van der Waals surface area (Å²) in [6.07, 6.45) is 3.39. The minimum absolute atomic E-state index is 0.0255. The van der Waals surface area contributed by atoms with Crippen LogP contribution < -0.4 is 5.32 Å². The molecule has 172 valence electrons. The molecule has 0 radical (unpaired) electrons. The first-order chi connectivity index (χ1) is 16.1. The third-order valence-electron chi connectivity index (χ3n) is 6.26. The average Bonchev–Trinajstić information content (AvgIpc) is 2.85. The van der Waals surface area contributed by atoms with Crippen LogP contribution in [0.5, 0.6) is 0 Å². The van der Waals surface area contributed by atoms with Gasteiger partial charge in [-0.15, -0.1) is 0 Å². The summed E-state index contributed by atoms with van der Waals surface area (Å²) in [5.41, 5.74) is 5.48. The van der Waals surface area contributed by atoms with Crippen LogP contribution in [0.2, 0.25) is 5.02 Å². The number of nitrogens with zero attached hydrogens (tertiary/aromatic N) is 1. The zero-order valence-corrected chi connectivity index (χ0v) is 19.9. The molecular formula is C28H31ClN2O2. The smallest absolute Gasteiger partial charge is 0.224 e. The van der Waals surface area contributed by atoms with E-state index in [4.69, 9.17) is 16.3 Å². The molecule has 3 aromatic rings. The van der Waals surface area contributed by atoms with E-state index in [1.165, 1.54) is 11.1 Å². The molecule has 1 amide bonds. The van der Waals surface area contributed by atoms with E-state index in [2.05, 4.69) is 41.5 Å². The van der Waals surface area contributed by atoms with Crippen LogP contribution in [0.3, 0.4) is 0 Å². The standard InChI is InChI=1S/C28H31ClN2O2/c1-31(27-16-18-33-19-17-27)20-22-4-2-21(3-5-22)6-15-28(32)30-26-13-9-24(10-14-26)23-7-11-25(29)12-8-23/h2-5,7-14,27H,6,15-20H2,1H3,(H,30,32). The van der Waals surface area contributed by atoms with Gasteiger partial charge in [-0.2, -0.15) is 0 Å². The van der Waals surface area contributed by atoms with Crippen LogP contribution in [0.1, 0.15) is 30.4 Å². The summed E-state index contributed by atoms with van der Waals surface area (Å²) in [6, 6.07) is 24.9. The molecule has 0 spiro atoms. The summed E-state index contributed by atoms with van der Waals surface area (Å²) in [5, 5.41) is 3.72. The van der Waals surface area contributed by atoms with Crippen LogP contribution in [0.15, 0.2) is 72.8 Å². The van der Waals surface area contributed by atoms with Gasteiger partial charge in [0, 0.05) is 42.9 Å². The molecule has 1 fully saturated rings. The fourth-order valence-electron chi connectivity index (χ4n) is 4.22. The predicted molar refractivity (Wildman–Crippen MR) is 136 cm³/mol. The second kappa shape index (κ2) is 11.5. The van der Waals surface area contributed by atoms with Crippen molar-refractivity contribution in [2.45, 2.75) is 38.3 Å². The molecule has 0 aromatic heterocycles. The lowest BCUT2D eigenvalue weighted by Gasteiger charge is -2.31. The van der Waals surface area contributed by atoms with Crippen molar-refractivity contribution in [2.24, 2.45) is 0 Å². The summed E-state index contributed by atoms with van der Waals surface area (Å²) in [7, 11) is 2.19. The number of ether oxygens (including phenoxy) is 1. The van der Waals surface area contributed by atoms with E-state index in [1.54, 1.807) is 0 Å².